The maximum atomic E-state index is 6.41. The molecule has 1 aliphatic carbocycles. The Bertz CT molecular complexity index is 818. The first kappa shape index (κ1) is 12.7. The van der Waals surface area contributed by atoms with Gasteiger partial charge in [0.2, 0.25) is 0 Å². The second-order valence-corrected chi connectivity index (χ2v) is 6.28. The average Bonchev–Trinajstić information content (AvgIpc) is 3.12. The van der Waals surface area contributed by atoms with Gasteiger partial charge in [-0.05, 0) is 38.3 Å². The number of nitrogens with zero attached hydrogens (tertiary/aromatic N) is 2. The van der Waals surface area contributed by atoms with E-state index in [-0.39, 0.29) is 0 Å². The zero-order chi connectivity index (χ0) is 14.4. The van der Waals surface area contributed by atoms with Crippen LogP contribution in [-0.2, 0) is 12.8 Å². The third-order valence-corrected chi connectivity index (χ3v) is 5.09. The molecule has 0 unspecified atom stereocenters. The second-order valence-electron chi connectivity index (χ2n) is 5.22. The van der Waals surface area contributed by atoms with E-state index in [1.807, 2.05) is 31.2 Å². The van der Waals surface area contributed by atoms with Crippen molar-refractivity contribution >= 4 is 22.1 Å². The molecule has 2 heterocycles. The van der Waals surface area contributed by atoms with Crippen molar-refractivity contribution in [2.75, 3.05) is 12.3 Å². The van der Waals surface area contributed by atoms with Crippen molar-refractivity contribution in [3.8, 4) is 17.0 Å². The summed E-state index contributed by atoms with van der Waals surface area (Å²) in [4.78, 5) is 7.20. The van der Waals surface area contributed by atoms with Crippen LogP contribution >= 0.6 is 11.3 Å². The number of hydrogen-bond donors (Lipinski definition) is 1. The molecule has 0 bridgehead atoms. The number of rotatable bonds is 3. The molecular weight excluding hydrogens is 282 g/mol. The van der Waals surface area contributed by atoms with Gasteiger partial charge in [0.25, 0.3) is 0 Å². The molecule has 108 valence electrons. The van der Waals surface area contributed by atoms with E-state index in [2.05, 4.69) is 4.40 Å². The second kappa shape index (κ2) is 4.77. The molecule has 4 rings (SSSR count). The molecule has 0 saturated heterocycles. The van der Waals surface area contributed by atoms with Crippen molar-refractivity contribution in [1.82, 2.24) is 9.38 Å². The summed E-state index contributed by atoms with van der Waals surface area (Å²) in [5.74, 6) is 1.57. The normalized spacial score (nSPS) is 13.8. The van der Waals surface area contributed by atoms with Gasteiger partial charge in [-0.25, -0.2) is 4.98 Å². The minimum atomic E-state index is 0.633. The Kier molecular flexibility index (Phi) is 2.89. The van der Waals surface area contributed by atoms with E-state index >= 15 is 0 Å². The smallest absolute Gasteiger partial charge is 0.196 e. The van der Waals surface area contributed by atoms with Crippen LogP contribution in [0.1, 0.15) is 23.9 Å². The van der Waals surface area contributed by atoms with Crippen LogP contribution < -0.4 is 10.5 Å². The molecule has 3 aromatic rings. The van der Waals surface area contributed by atoms with E-state index < -0.39 is 0 Å². The summed E-state index contributed by atoms with van der Waals surface area (Å²) >= 11 is 1.77. The largest absolute Gasteiger partial charge is 0.493 e. The van der Waals surface area contributed by atoms with Gasteiger partial charge in [0, 0.05) is 16.1 Å². The average molecular weight is 299 g/mol. The first-order valence-corrected chi connectivity index (χ1v) is 8.12. The topological polar surface area (TPSA) is 52.5 Å². The predicted octanol–water partition coefficient (Wildman–Crippen LogP) is 3.53. The van der Waals surface area contributed by atoms with E-state index in [0.717, 1.165) is 40.6 Å². The Morgan fingerprint density at radius 2 is 2.19 bits per heavy atom. The Hall–Kier alpha value is -2.01. The summed E-state index contributed by atoms with van der Waals surface area (Å²) in [5, 5.41) is 0. The number of benzene rings is 1. The maximum absolute atomic E-state index is 6.41. The highest BCUT2D eigenvalue weighted by Gasteiger charge is 2.23. The Balaban J connectivity index is 1.92. The van der Waals surface area contributed by atoms with Crippen molar-refractivity contribution in [1.29, 1.82) is 0 Å². The first-order chi connectivity index (χ1) is 10.3. The monoisotopic (exact) mass is 299 g/mol. The molecule has 1 aromatic carbocycles. The number of aryl methyl sites for hydroxylation is 2. The summed E-state index contributed by atoms with van der Waals surface area (Å²) < 4.78 is 7.84. The van der Waals surface area contributed by atoms with Crippen LogP contribution in [0.2, 0.25) is 0 Å². The fourth-order valence-corrected chi connectivity index (χ4v) is 4.25. The van der Waals surface area contributed by atoms with Gasteiger partial charge in [-0.2, -0.15) is 0 Å². The first-order valence-electron chi connectivity index (χ1n) is 7.30. The molecule has 5 heteroatoms. The van der Waals surface area contributed by atoms with E-state index in [4.69, 9.17) is 15.5 Å². The maximum Gasteiger partial charge on any atom is 0.196 e. The Morgan fingerprint density at radius 3 is 3.05 bits per heavy atom. The lowest BCUT2D eigenvalue weighted by molar-refractivity contribution is 0.341. The van der Waals surface area contributed by atoms with E-state index in [1.165, 1.54) is 17.0 Å². The van der Waals surface area contributed by atoms with E-state index in [9.17, 15) is 0 Å². The third kappa shape index (κ3) is 1.84. The highest BCUT2D eigenvalue weighted by molar-refractivity contribution is 7.17. The molecule has 1 aliphatic rings. The van der Waals surface area contributed by atoms with E-state index in [0.29, 0.717) is 6.61 Å². The van der Waals surface area contributed by atoms with Crippen molar-refractivity contribution < 1.29 is 4.74 Å². The van der Waals surface area contributed by atoms with Crippen LogP contribution in [-0.4, -0.2) is 16.0 Å². The zero-order valence-electron chi connectivity index (χ0n) is 11.9. The number of para-hydroxylation sites is 1. The minimum Gasteiger partial charge on any atom is -0.493 e. The summed E-state index contributed by atoms with van der Waals surface area (Å²) in [6.45, 7) is 2.62. The van der Waals surface area contributed by atoms with Gasteiger partial charge in [-0.3, -0.25) is 4.40 Å². The van der Waals surface area contributed by atoms with Gasteiger partial charge in [-0.15, -0.1) is 11.3 Å². The summed E-state index contributed by atoms with van der Waals surface area (Å²) in [7, 11) is 0. The van der Waals surface area contributed by atoms with Crippen LogP contribution in [0.15, 0.2) is 24.3 Å². The SMILES string of the molecule is CCOc1ccccc1-c1nc2sc3c(n2c1N)CCC3. The third-order valence-electron chi connectivity index (χ3n) is 3.95. The standard InChI is InChI=1S/C16H17N3OS/c1-2-20-12-8-4-3-6-10(12)14-15(17)19-11-7-5-9-13(11)21-16(19)18-14/h3-4,6,8H,2,5,7,9,17H2,1H3. The molecule has 0 atom stereocenters. The number of imidazole rings is 1. The zero-order valence-corrected chi connectivity index (χ0v) is 12.7. The summed E-state index contributed by atoms with van der Waals surface area (Å²) in [6.07, 6.45) is 3.48. The van der Waals surface area contributed by atoms with Gasteiger partial charge in [0.1, 0.15) is 17.3 Å². The minimum absolute atomic E-state index is 0.633. The lowest BCUT2D eigenvalue weighted by Crippen LogP contribution is -1.98. The van der Waals surface area contributed by atoms with Gasteiger partial charge >= 0.3 is 0 Å². The Labute approximate surface area is 127 Å². The van der Waals surface area contributed by atoms with Crippen LogP contribution in [0.3, 0.4) is 0 Å². The van der Waals surface area contributed by atoms with Gasteiger partial charge in [0.05, 0.1) is 6.61 Å². The van der Waals surface area contributed by atoms with Gasteiger partial charge < -0.3 is 10.5 Å². The number of aromatic nitrogens is 2. The molecule has 21 heavy (non-hydrogen) atoms. The molecule has 4 nitrogen and oxygen atoms in total. The summed E-state index contributed by atoms with van der Waals surface area (Å²) in [5.41, 5.74) is 9.56. The number of fused-ring (bicyclic) bond motifs is 3. The van der Waals surface area contributed by atoms with E-state index in [1.54, 1.807) is 11.3 Å². The lowest BCUT2D eigenvalue weighted by Gasteiger charge is -2.08. The van der Waals surface area contributed by atoms with Gasteiger partial charge in [0.15, 0.2) is 4.96 Å². The fourth-order valence-electron chi connectivity index (χ4n) is 3.04. The molecule has 0 radical (unpaired) electrons. The van der Waals surface area contributed by atoms with Crippen molar-refractivity contribution in [2.45, 2.75) is 26.2 Å². The fraction of sp³-hybridized carbons (Fsp3) is 0.312. The highest BCUT2D eigenvalue weighted by atomic mass is 32.1. The number of hydrogen-bond acceptors (Lipinski definition) is 4. The lowest BCUT2D eigenvalue weighted by atomic mass is 10.1. The molecule has 0 saturated carbocycles. The van der Waals surface area contributed by atoms with Crippen LogP contribution in [0.25, 0.3) is 16.2 Å². The van der Waals surface area contributed by atoms with Crippen molar-refractivity contribution in [3.05, 3.63) is 34.8 Å². The van der Waals surface area contributed by atoms with Crippen molar-refractivity contribution in [3.63, 3.8) is 0 Å². The highest BCUT2D eigenvalue weighted by Crippen LogP contribution is 2.39. The Morgan fingerprint density at radius 1 is 1.33 bits per heavy atom. The number of nitrogen functional groups attached to an aromatic ring is 1. The number of thiazole rings is 1. The quantitative estimate of drug-likeness (QED) is 0.805. The van der Waals surface area contributed by atoms with Crippen LogP contribution in [0.4, 0.5) is 5.82 Å². The molecule has 0 fully saturated rings. The predicted molar refractivity (Wildman–Crippen MR) is 86.1 cm³/mol. The molecule has 0 aliphatic heterocycles. The molecule has 0 spiro atoms. The van der Waals surface area contributed by atoms with Gasteiger partial charge in [-0.1, -0.05) is 12.1 Å². The number of anilines is 1. The molecule has 2 aromatic heterocycles. The van der Waals surface area contributed by atoms with Crippen molar-refractivity contribution in [2.24, 2.45) is 0 Å². The van der Waals surface area contributed by atoms with Crippen LogP contribution in [0.5, 0.6) is 5.75 Å². The number of ether oxygens (including phenoxy) is 1. The van der Waals surface area contributed by atoms with Crippen LogP contribution in [0, 0.1) is 0 Å². The number of nitrogens with two attached hydrogens (primary N) is 1. The molecule has 2 N–H and O–H groups in total. The molecule has 0 amide bonds. The summed E-state index contributed by atoms with van der Waals surface area (Å²) in [6, 6.07) is 7.96. The molecular formula is C16H17N3OS.